The van der Waals surface area contributed by atoms with Gasteiger partial charge in [-0.3, -0.25) is 0 Å². The van der Waals surface area contributed by atoms with Crippen molar-refractivity contribution in [3.63, 3.8) is 0 Å². The van der Waals surface area contributed by atoms with E-state index >= 15 is 0 Å². The molecule has 0 aliphatic heterocycles. The minimum atomic E-state index is 0.878. The summed E-state index contributed by atoms with van der Waals surface area (Å²) in [7, 11) is 2.01. The molecule has 4 nitrogen and oxygen atoms in total. The van der Waals surface area contributed by atoms with E-state index in [2.05, 4.69) is 53.9 Å². The van der Waals surface area contributed by atoms with Gasteiger partial charge in [0.15, 0.2) is 0 Å². The molecule has 0 amide bonds. The lowest BCUT2D eigenvalue weighted by Gasteiger charge is -1.93. The second-order valence-electron chi connectivity index (χ2n) is 5.19. The molecular formula is C17H13BrN4S. The second-order valence-corrected chi connectivity index (χ2v) is 7.11. The number of nitrogens with zero attached hydrogens (tertiary/aromatic N) is 3. The Morgan fingerprint density at radius 2 is 2.09 bits per heavy atom. The first kappa shape index (κ1) is 14.4. The number of thiazole rings is 1. The van der Waals surface area contributed by atoms with Crippen LogP contribution in [-0.4, -0.2) is 15.8 Å². The lowest BCUT2D eigenvalue weighted by molar-refractivity contribution is 0.889. The van der Waals surface area contributed by atoms with Gasteiger partial charge in [0.1, 0.15) is 0 Å². The Labute approximate surface area is 144 Å². The molecule has 0 aliphatic carbocycles. The number of H-pyrrole nitrogens is 1. The highest BCUT2D eigenvalue weighted by atomic mass is 79.9. The van der Waals surface area contributed by atoms with Crippen LogP contribution in [0.1, 0.15) is 5.56 Å². The lowest BCUT2D eigenvalue weighted by atomic mass is 10.2. The molecule has 0 saturated carbocycles. The number of benzene rings is 2. The minimum Gasteiger partial charge on any atom is -0.361 e. The van der Waals surface area contributed by atoms with Crippen molar-refractivity contribution in [3.8, 4) is 0 Å². The van der Waals surface area contributed by atoms with Crippen LogP contribution in [0, 0.1) is 0 Å². The fourth-order valence-corrected chi connectivity index (χ4v) is 3.88. The van der Waals surface area contributed by atoms with Gasteiger partial charge in [0.2, 0.25) is 4.80 Å². The minimum absolute atomic E-state index is 0.878. The average molecular weight is 385 g/mol. The normalized spacial score (nSPS) is 12.9. The number of nitrogens with one attached hydrogen (secondary N) is 1. The van der Waals surface area contributed by atoms with E-state index < -0.39 is 0 Å². The Balaban J connectivity index is 1.75. The van der Waals surface area contributed by atoms with Gasteiger partial charge in [0, 0.05) is 34.2 Å². The van der Waals surface area contributed by atoms with Gasteiger partial charge in [-0.15, -0.1) is 5.10 Å². The molecule has 114 valence electrons. The summed E-state index contributed by atoms with van der Waals surface area (Å²) in [6.45, 7) is 0. The molecule has 0 atom stereocenters. The second kappa shape index (κ2) is 5.79. The van der Waals surface area contributed by atoms with Gasteiger partial charge in [0.25, 0.3) is 0 Å². The number of aromatic nitrogens is 2. The van der Waals surface area contributed by atoms with Crippen LogP contribution in [0.2, 0.25) is 0 Å². The van der Waals surface area contributed by atoms with Crippen molar-refractivity contribution in [1.29, 1.82) is 0 Å². The van der Waals surface area contributed by atoms with Crippen molar-refractivity contribution < 1.29 is 0 Å². The van der Waals surface area contributed by atoms with Crippen LogP contribution in [0.3, 0.4) is 0 Å². The first-order valence-corrected chi connectivity index (χ1v) is 8.71. The maximum Gasteiger partial charge on any atom is 0.211 e. The number of hydrogen-bond donors (Lipinski definition) is 1. The molecule has 2 aromatic carbocycles. The maximum atomic E-state index is 4.37. The topological polar surface area (TPSA) is 45.4 Å². The zero-order valence-corrected chi connectivity index (χ0v) is 14.7. The summed E-state index contributed by atoms with van der Waals surface area (Å²) in [5.41, 5.74) is 3.28. The van der Waals surface area contributed by atoms with Crippen molar-refractivity contribution in [1.82, 2.24) is 9.55 Å². The quantitative estimate of drug-likeness (QED) is 0.392. The van der Waals surface area contributed by atoms with Gasteiger partial charge in [-0.05, 0) is 30.3 Å². The highest BCUT2D eigenvalue weighted by molar-refractivity contribution is 9.10. The predicted octanol–water partition coefficient (Wildman–Crippen LogP) is 4.42. The summed E-state index contributed by atoms with van der Waals surface area (Å²) in [4.78, 5) is 4.12. The van der Waals surface area contributed by atoms with E-state index in [1.807, 2.05) is 37.5 Å². The molecule has 0 fully saturated rings. The molecule has 0 bridgehead atoms. The van der Waals surface area contributed by atoms with Gasteiger partial charge >= 0.3 is 0 Å². The standard InChI is InChI=1S/C17H13BrN4S/c1-22-15-4-2-3-5-16(15)23-17(22)21-20-10-11-9-19-14-7-6-12(18)8-13(11)14/h2-10,19H,1H3/b20-10+,21-17+. The highest BCUT2D eigenvalue weighted by Crippen LogP contribution is 2.21. The van der Waals surface area contributed by atoms with Crippen LogP contribution in [0.15, 0.2) is 63.3 Å². The van der Waals surface area contributed by atoms with Gasteiger partial charge < -0.3 is 9.55 Å². The van der Waals surface area contributed by atoms with Crippen LogP contribution in [0.5, 0.6) is 0 Å². The van der Waals surface area contributed by atoms with Crippen molar-refractivity contribution in [3.05, 3.63) is 63.5 Å². The molecule has 4 aromatic rings. The van der Waals surface area contributed by atoms with Crippen molar-refractivity contribution >= 4 is 54.6 Å². The third-order valence-electron chi connectivity index (χ3n) is 3.73. The monoisotopic (exact) mass is 384 g/mol. The first-order chi connectivity index (χ1) is 11.2. The summed E-state index contributed by atoms with van der Waals surface area (Å²) in [6, 6.07) is 14.4. The molecule has 23 heavy (non-hydrogen) atoms. The number of para-hydroxylation sites is 1. The Bertz CT molecular complexity index is 1100. The van der Waals surface area contributed by atoms with E-state index in [9.17, 15) is 0 Å². The summed E-state index contributed by atoms with van der Waals surface area (Å²) in [5.74, 6) is 0. The molecule has 0 aliphatic rings. The van der Waals surface area contributed by atoms with Crippen LogP contribution in [0.4, 0.5) is 0 Å². The number of aryl methyl sites for hydroxylation is 1. The zero-order valence-electron chi connectivity index (χ0n) is 12.3. The van der Waals surface area contributed by atoms with Gasteiger partial charge in [-0.25, -0.2) is 0 Å². The van der Waals surface area contributed by atoms with Crippen LogP contribution >= 0.6 is 27.3 Å². The number of hydrogen-bond acceptors (Lipinski definition) is 3. The molecule has 4 rings (SSSR count). The number of fused-ring (bicyclic) bond motifs is 2. The molecule has 0 spiro atoms. The molecule has 0 radical (unpaired) electrons. The molecule has 2 heterocycles. The van der Waals surface area contributed by atoms with Gasteiger partial charge in [0.05, 0.1) is 16.4 Å². The zero-order chi connectivity index (χ0) is 15.8. The van der Waals surface area contributed by atoms with Crippen LogP contribution in [0.25, 0.3) is 21.1 Å². The lowest BCUT2D eigenvalue weighted by Crippen LogP contribution is -2.08. The third kappa shape index (κ3) is 2.64. The SMILES string of the molecule is Cn1/c(=N\N=C\c2c[nH]c3ccc(Br)cc23)sc2ccccc21. The van der Waals surface area contributed by atoms with E-state index in [0.29, 0.717) is 0 Å². The molecule has 1 N–H and O–H groups in total. The van der Waals surface area contributed by atoms with E-state index in [-0.39, 0.29) is 0 Å². The predicted molar refractivity (Wildman–Crippen MR) is 100.0 cm³/mol. The molecular weight excluding hydrogens is 372 g/mol. The van der Waals surface area contributed by atoms with Crippen molar-refractivity contribution in [2.45, 2.75) is 0 Å². The molecule has 0 unspecified atom stereocenters. The average Bonchev–Trinajstić information content (AvgIpc) is 3.10. The fraction of sp³-hybridized carbons (Fsp3) is 0.0588. The Kier molecular flexibility index (Phi) is 3.63. The Hall–Kier alpha value is -2.18. The fourth-order valence-electron chi connectivity index (χ4n) is 2.54. The molecule has 6 heteroatoms. The van der Waals surface area contributed by atoms with Crippen molar-refractivity contribution in [2.24, 2.45) is 17.3 Å². The number of halogens is 1. The molecule has 2 aromatic heterocycles. The first-order valence-electron chi connectivity index (χ1n) is 7.10. The smallest absolute Gasteiger partial charge is 0.211 e. The molecule has 0 saturated heterocycles. The summed E-state index contributed by atoms with van der Waals surface area (Å²) < 4.78 is 4.32. The van der Waals surface area contributed by atoms with E-state index in [1.165, 1.54) is 10.2 Å². The third-order valence-corrected chi connectivity index (χ3v) is 5.33. The Morgan fingerprint density at radius 1 is 1.22 bits per heavy atom. The highest BCUT2D eigenvalue weighted by Gasteiger charge is 2.02. The van der Waals surface area contributed by atoms with Gasteiger partial charge in [-0.2, -0.15) is 5.10 Å². The van der Waals surface area contributed by atoms with E-state index in [4.69, 9.17) is 0 Å². The maximum absolute atomic E-state index is 4.37. The Morgan fingerprint density at radius 3 is 2.96 bits per heavy atom. The van der Waals surface area contributed by atoms with E-state index in [0.717, 1.165) is 25.7 Å². The van der Waals surface area contributed by atoms with Crippen molar-refractivity contribution in [2.75, 3.05) is 0 Å². The van der Waals surface area contributed by atoms with Crippen LogP contribution in [-0.2, 0) is 7.05 Å². The van der Waals surface area contributed by atoms with Gasteiger partial charge in [-0.1, -0.05) is 39.4 Å². The summed E-state index contributed by atoms with van der Waals surface area (Å²) >= 11 is 5.14. The number of aromatic amines is 1. The summed E-state index contributed by atoms with van der Waals surface area (Å²) in [6.07, 6.45) is 3.73. The summed E-state index contributed by atoms with van der Waals surface area (Å²) in [5, 5.41) is 9.77. The van der Waals surface area contributed by atoms with E-state index in [1.54, 1.807) is 17.6 Å². The van der Waals surface area contributed by atoms with Crippen LogP contribution < -0.4 is 4.80 Å². The number of rotatable bonds is 2. The largest absolute Gasteiger partial charge is 0.361 e.